The zero-order chi connectivity index (χ0) is 15.7. The molecule has 0 amide bonds. The lowest BCUT2D eigenvalue weighted by atomic mass is 10.1. The summed E-state index contributed by atoms with van der Waals surface area (Å²) in [6, 6.07) is 14.8. The number of ether oxygens (including phenoxy) is 1. The van der Waals surface area contributed by atoms with Crippen LogP contribution in [-0.4, -0.2) is 17.2 Å². The summed E-state index contributed by atoms with van der Waals surface area (Å²) >= 11 is 0. The monoisotopic (exact) mass is 286 g/mol. The summed E-state index contributed by atoms with van der Waals surface area (Å²) in [6.45, 7) is 2.02. The minimum atomic E-state index is -0.831. The Morgan fingerprint density at radius 2 is 1.43 bits per heavy atom. The first-order valence-corrected chi connectivity index (χ1v) is 6.09. The van der Waals surface area contributed by atoms with Crippen LogP contribution in [0.5, 0.6) is 11.5 Å². The molecule has 0 saturated heterocycles. The van der Waals surface area contributed by atoms with Gasteiger partial charge in [0.05, 0.1) is 6.42 Å². The van der Waals surface area contributed by atoms with Crippen molar-refractivity contribution in [2.24, 2.45) is 0 Å². The molecule has 0 aliphatic carbocycles. The topological polar surface area (TPSA) is 80.7 Å². The van der Waals surface area contributed by atoms with E-state index >= 15 is 0 Å². The lowest BCUT2D eigenvalue weighted by Crippen LogP contribution is -1.99. The fourth-order valence-corrected chi connectivity index (χ4v) is 1.59. The van der Waals surface area contributed by atoms with Gasteiger partial charge < -0.3 is 9.84 Å². The van der Waals surface area contributed by atoms with Crippen LogP contribution in [0.4, 0.5) is 0 Å². The molecule has 0 spiro atoms. The van der Waals surface area contributed by atoms with Gasteiger partial charge >= 0.3 is 12.1 Å². The zero-order valence-corrected chi connectivity index (χ0v) is 11.4. The molecule has 0 aliphatic heterocycles. The van der Waals surface area contributed by atoms with Crippen molar-refractivity contribution in [2.45, 2.75) is 13.3 Å². The van der Waals surface area contributed by atoms with E-state index in [-0.39, 0.29) is 12.6 Å². The van der Waals surface area contributed by atoms with Gasteiger partial charge in [0.15, 0.2) is 0 Å². The number of carboxylic acids is 1. The summed E-state index contributed by atoms with van der Waals surface area (Å²) in [5, 5.41) is 8.67. The number of hydrogen-bond donors (Lipinski definition) is 1. The molecule has 21 heavy (non-hydrogen) atoms. The molecule has 2 aromatic rings. The number of aliphatic carboxylic acids is 1. The highest BCUT2D eigenvalue weighted by atomic mass is 16.5. The van der Waals surface area contributed by atoms with E-state index in [2.05, 4.69) is 0 Å². The summed E-state index contributed by atoms with van der Waals surface area (Å²) in [4.78, 5) is 26.8. The van der Waals surface area contributed by atoms with Crippen LogP contribution in [0.1, 0.15) is 11.1 Å². The predicted octanol–water partition coefficient (Wildman–Crippen LogP) is 2.83. The Hall–Kier alpha value is -2.91. The van der Waals surface area contributed by atoms with Crippen molar-refractivity contribution in [2.75, 3.05) is 0 Å². The van der Waals surface area contributed by atoms with Gasteiger partial charge in [-0.2, -0.15) is 9.59 Å². The predicted molar refractivity (Wildman–Crippen MR) is 74.0 cm³/mol. The van der Waals surface area contributed by atoms with Crippen LogP contribution in [0, 0.1) is 6.92 Å². The van der Waals surface area contributed by atoms with Gasteiger partial charge in [-0.25, -0.2) is 0 Å². The molecule has 0 aliphatic rings. The number of carboxylic acid groups (broad SMARTS) is 1. The molecular formula is C16H14O5. The van der Waals surface area contributed by atoms with Gasteiger partial charge in [0.1, 0.15) is 11.5 Å². The number of aryl methyl sites for hydroxylation is 1. The Labute approximate surface area is 121 Å². The lowest BCUT2D eigenvalue weighted by Gasteiger charge is -2.06. The number of benzene rings is 2. The van der Waals surface area contributed by atoms with Crippen LogP contribution in [0.2, 0.25) is 0 Å². The standard InChI is InChI=1S/C15H14O3.CO2/c1-11-2-6-13(7-3-11)18-14-8-4-12(5-9-14)10-15(16)17;2-1-3/h2-9H,10H2,1H3,(H,16,17);. The first kappa shape index (κ1) is 16.1. The Morgan fingerprint density at radius 1 is 1.00 bits per heavy atom. The highest BCUT2D eigenvalue weighted by Gasteiger charge is 2.01. The molecule has 0 heterocycles. The van der Waals surface area contributed by atoms with Gasteiger partial charge in [-0.15, -0.1) is 0 Å². The maximum atomic E-state index is 10.5. The molecule has 2 rings (SSSR count). The van der Waals surface area contributed by atoms with Gasteiger partial charge in [0.2, 0.25) is 0 Å². The molecule has 0 unspecified atom stereocenters. The van der Waals surface area contributed by atoms with E-state index in [1.807, 2.05) is 31.2 Å². The van der Waals surface area contributed by atoms with Gasteiger partial charge in [-0.1, -0.05) is 29.8 Å². The number of carbonyl (C=O) groups is 1. The molecule has 0 bridgehead atoms. The molecule has 0 aromatic heterocycles. The molecule has 0 fully saturated rings. The normalized spacial score (nSPS) is 9.00. The highest BCUT2D eigenvalue weighted by molar-refractivity contribution is 5.70. The van der Waals surface area contributed by atoms with E-state index < -0.39 is 5.97 Å². The Balaban J connectivity index is 0.000000677. The average molecular weight is 286 g/mol. The second-order valence-electron chi connectivity index (χ2n) is 4.21. The van der Waals surface area contributed by atoms with Crippen LogP contribution >= 0.6 is 0 Å². The minimum Gasteiger partial charge on any atom is -0.481 e. The van der Waals surface area contributed by atoms with Crippen molar-refractivity contribution in [1.82, 2.24) is 0 Å². The van der Waals surface area contributed by atoms with Crippen LogP contribution in [0.3, 0.4) is 0 Å². The maximum Gasteiger partial charge on any atom is 0.373 e. The zero-order valence-electron chi connectivity index (χ0n) is 11.4. The fourth-order valence-electron chi connectivity index (χ4n) is 1.59. The van der Waals surface area contributed by atoms with E-state index in [0.29, 0.717) is 5.75 Å². The van der Waals surface area contributed by atoms with Gasteiger partial charge in [-0.3, -0.25) is 4.79 Å². The van der Waals surface area contributed by atoms with E-state index in [1.165, 1.54) is 5.56 Å². The summed E-state index contributed by atoms with van der Waals surface area (Å²) in [5.74, 6) is 0.641. The first-order chi connectivity index (χ1) is 10.0. The molecule has 0 radical (unpaired) electrons. The highest BCUT2D eigenvalue weighted by Crippen LogP contribution is 2.22. The van der Waals surface area contributed by atoms with Crippen molar-refractivity contribution in [1.29, 1.82) is 0 Å². The average Bonchev–Trinajstić information content (AvgIpc) is 2.44. The van der Waals surface area contributed by atoms with E-state index in [0.717, 1.165) is 11.3 Å². The summed E-state index contributed by atoms with van der Waals surface area (Å²) in [5.41, 5.74) is 1.94. The lowest BCUT2D eigenvalue weighted by molar-refractivity contribution is -0.191. The second kappa shape index (κ2) is 8.30. The van der Waals surface area contributed by atoms with Crippen molar-refractivity contribution in [3.05, 3.63) is 59.7 Å². The van der Waals surface area contributed by atoms with Crippen LogP contribution in [-0.2, 0) is 20.8 Å². The minimum absolute atomic E-state index is 0.0326. The number of hydrogen-bond acceptors (Lipinski definition) is 4. The summed E-state index contributed by atoms with van der Waals surface area (Å²) in [6.07, 6.45) is 0.283. The second-order valence-corrected chi connectivity index (χ2v) is 4.21. The van der Waals surface area contributed by atoms with Gasteiger partial charge in [0, 0.05) is 0 Å². The molecular weight excluding hydrogens is 272 g/mol. The molecule has 5 heteroatoms. The smallest absolute Gasteiger partial charge is 0.373 e. The number of rotatable bonds is 4. The van der Waals surface area contributed by atoms with Crippen LogP contribution in [0.25, 0.3) is 0 Å². The van der Waals surface area contributed by atoms with E-state index in [9.17, 15) is 4.79 Å². The van der Waals surface area contributed by atoms with Crippen molar-refractivity contribution in [3.8, 4) is 11.5 Å². The first-order valence-electron chi connectivity index (χ1n) is 6.09. The van der Waals surface area contributed by atoms with Crippen molar-refractivity contribution >= 4 is 12.1 Å². The van der Waals surface area contributed by atoms with Gasteiger partial charge in [0.25, 0.3) is 0 Å². The molecule has 5 nitrogen and oxygen atoms in total. The summed E-state index contributed by atoms with van der Waals surface area (Å²) in [7, 11) is 0. The Kier molecular flexibility index (Phi) is 6.38. The van der Waals surface area contributed by atoms with Gasteiger partial charge in [-0.05, 0) is 36.8 Å². The van der Waals surface area contributed by atoms with Crippen LogP contribution < -0.4 is 4.74 Å². The maximum absolute atomic E-state index is 10.5. The van der Waals surface area contributed by atoms with Crippen LogP contribution in [0.15, 0.2) is 48.5 Å². The SMILES string of the molecule is Cc1ccc(Oc2ccc(CC(=O)O)cc2)cc1.O=C=O. The quantitative estimate of drug-likeness (QED) is 0.934. The molecule has 0 atom stereocenters. The Bertz CT molecular complexity index is 608. The Morgan fingerprint density at radius 3 is 1.86 bits per heavy atom. The van der Waals surface area contributed by atoms with Crippen molar-refractivity contribution in [3.63, 3.8) is 0 Å². The molecule has 2 aromatic carbocycles. The van der Waals surface area contributed by atoms with E-state index in [4.69, 9.17) is 19.4 Å². The fraction of sp³-hybridized carbons (Fsp3) is 0.125. The number of carbonyl (C=O) groups excluding carboxylic acids is 2. The third-order valence-electron chi connectivity index (χ3n) is 2.54. The van der Waals surface area contributed by atoms with Crippen molar-refractivity contribution < 1.29 is 24.2 Å². The summed E-state index contributed by atoms with van der Waals surface area (Å²) < 4.78 is 5.65. The third kappa shape index (κ3) is 6.18. The van der Waals surface area contributed by atoms with E-state index in [1.54, 1.807) is 24.3 Å². The largest absolute Gasteiger partial charge is 0.481 e. The molecule has 108 valence electrons. The molecule has 0 saturated carbocycles. The molecule has 1 N–H and O–H groups in total. The third-order valence-corrected chi connectivity index (χ3v) is 2.54.